The predicted octanol–water partition coefficient (Wildman–Crippen LogP) is 18.2. The first-order valence-corrected chi connectivity index (χ1v) is 27.4. The zero-order valence-corrected chi connectivity index (χ0v) is 42.7. The molecule has 6 heteroatoms. The Morgan fingerprint density at radius 2 is 0.615 bits per heavy atom. The number of hydrogen-bond donors (Lipinski definition) is 0. The van der Waals surface area contributed by atoms with E-state index in [1.54, 1.807) is 0 Å². The van der Waals surface area contributed by atoms with Crippen molar-refractivity contribution in [1.82, 2.24) is 0 Å². The lowest BCUT2D eigenvalue weighted by Gasteiger charge is -2.18. The predicted molar refractivity (Wildman–Crippen MR) is 279 cm³/mol. The molecule has 0 saturated carbocycles. The molecule has 0 aromatic heterocycles. The molecule has 1 unspecified atom stereocenters. The summed E-state index contributed by atoms with van der Waals surface area (Å²) in [6.45, 7) is 6.48. The van der Waals surface area contributed by atoms with Crippen molar-refractivity contribution in [2.24, 2.45) is 0 Å². The Bertz CT molecular complexity index is 1230. The van der Waals surface area contributed by atoms with Gasteiger partial charge in [0.25, 0.3) is 0 Å². The van der Waals surface area contributed by atoms with Gasteiger partial charge in [-0.3, -0.25) is 14.4 Å². The molecule has 0 N–H and O–H groups in total. The van der Waals surface area contributed by atoms with Gasteiger partial charge in [0.05, 0.1) is 0 Å². The summed E-state index contributed by atoms with van der Waals surface area (Å²) in [6, 6.07) is 0. The maximum atomic E-state index is 12.8. The average molecular weight is 907 g/mol. The highest BCUT2D eigenvalue weighted by Gasteiger charge is 2.19. The topological polar surface area (TPSA) is 78.9 Å². The van der Waals surface area contributed by atoms with Crippen molar-refractivity contribution in [1.29, 1.82) is 0 Å². The van der Waals surface area contributed by atoms with Crippen LogP contribution in [-0.4, -0.2) is 37.2 Å². The van der Waals surface area contributed by atoms with Crippen molar-refractivity contribution in [3.05, 3.63) is 72.9 Å². The zero-order valence-electron chi connectivity index (χ0n) is 42.7. The van der Waals surface area contributed by atoms with E-state index in [-0.39, 0.29) is 37.5 Å². The molecule has 0 bridgehead atoms. The maximum Gasteiger partial charge on any atom is 0.306 e. The first kappa shape index (κ1) is 61.9. The van der Waals surface area contributed by atoms with Crippen molar-refractivity contribution in [3.63, 3.8) is 0 Å². The van der Waals surface area contributed by atoms with Crippen molar-refractivity contribution in [2.45, 2.75) is 271 Å². The van der Waals surface area contributed by atoms with Gasteiger partial charge in [0.1, 0.15) is 13.2 Å². The normalized spacial score (nSPS) is 12.6. The molecule has 0 spiro atoms. The fraction of sp³-hybridized carbons (Fsp3) is 0.746. The quantitative estimate of drug-likeness (QED) is 0.0262. The Morgan fingerprint density at radius 3 is 1.00 bits per heavy atom. The van der Waals surface area contributed by atoms with E-state index in [9.17, 15) is 14.4 Å². The molecular weight excluding hydrogens is 805 g/mol. The van der Waals surface area contributed by atoms with Gasteiger partial charge in [-0.15, -0.1) is 0 Å². The molecule has 0 aliphatic carbocycles. The summed E-state index contributed by atoms with van der Waals surface area (Å²) in [5, 5.41) is 0. The minimum Gasteiger partial charge on any atom is -0.462 e. The van der Waals surface area contributed by atoms with Gasteiger partial charge in [0, 0.05) is 19.3 Å². The second-order valence-electron chi connectivity index (χ2n) is 18.1. The number of hydrogen-bond acceptors (Lipinski definition) is 6. The third-order valence-electron chi connectivity index (χ3n) is 11.7. The second-order valence-corrected chi connectivity index (χ2v) is 18.1. The first-order valence-electron chi connectivity index (χ1n) is 27.4. The van der Waals surface area contributed by atoms with E-state index in [2.05, 4.69) is 93.7 Å². The van der Waals surface area contributed by atoms with Crippen LogP contribution in [0.25, 0.3) is 0 Å². The third-order valence-corrected chi connectivity index (χ3v) is 11.7. The van der Waals surface area contributed by atoms with Gasteiger partial charge in [0.2, 0.25) is 0 Å². The van der Waals surface area contributed by atoms with Crippen LogP contribution in [0.1, 0.15) is 265 Å². The highest BCUT2D eigenvalue weighted by molar-refractivity contribution is 5.71. The Kier molecular flexibility index (Phi) is 50.9. The molecule has 0 fully saturated rings. The lowest BCUT2D eigenvalue weighted by molar-refractivity contribution is -0.167. The van der Waals surface area contributed by atoms with Crippen molar-refractivity contribution >= 4 is 17.9 Å². The molecule has 0 saturated heterocycles. The summed E-state index contributed by atoms with van der Waals surface area (Å²) >= 11 is 0. The van der Waals surface area contributed by atoms with Gasteiger partial charge in [-0.25, -0.2) is 0 Å². The van der Waals surface area contributed by atoms with Gasteiger partial charge in [-0.1, -0.05) is 235 Å². The molecule has 0 rings (SSSR count). The Hall–Kier alpha value is -3.15. The summed E-state index contributed by atoms with van der Waals surface area (Å²) in [6.07, 6.45) is 67.5. The monoisotopic (exact) mass is 907 g/mol. The smallest absolute Gasteiger partial charge is 0.306 e. The highest BCUT2D eigenvalue weighted by Crippen LogP contribution is 2.15. The zero-order chi connectivity index (χ0) is 47.2. The summed E-state index contributed by atoms with van der Waals surface area (Å²) in [5.41, 5.74) is 0. The molecule has 0 aliphatic rings. The number of ether oxygens (including phenoxy) is 3. The van der Waals surface area contributed by atoms with Gasteiger partial charge in [0.15, 0.2) is 6.10 Å². The number of unbranched alkanes of at least 4 members (excludes halogenated alkanes) is 26. The summed E-state index contributed by atoms with van der Waals surface area (Å²) < 4.78 is 16.8. The number of carbonyl (C=O) groups excluding carboxylic acids is 3. The van der Waals surface area contributed by atoms with E-state index in [1.807, 2.05) is 0 Å². The molecule has 0 aliphatic heterocycles. The Balaban J connectivity index is 4.44. The lowest BCUT2D eigenvalue weighted by atomic mass is 10.0. The van der Waals surface area contributed by atoms with E-state index in [0.717, 1.165) is 77.0 Å². The van der Waals surface area contributed by atoms with Crippen LogP contribution in [0.3, 0.4) is 0 Å². The van der Waals surface area contributed by atoms with E-state index >= 15 is 0 Å². The van der Waals surface area contributed by atoms with Crippen molar-refractivity contribution in [2.75, 3.05) is 13.2 Å². The van der Waals surface area contributed by atoms with Crippen LogP contribution in [0.4, 0.5) is 0 Å². The van der Waals surface area contributed by atoms with Crippen LogP contribution < -0.4 is 0 Å². The van der Waals surface area contributed by atoms with Gasteiger partial charge < -0.3 is 14.2 Å². The van der Waals surface area contributed by atoms with Crippen LogP contribution in [0.5, 0.6) is 0 Å². The van der Waals surface area contributed by atoms with Crippen LogP contribution in [-0.2, 0) is 28.6 Å². The number of rotatable bonds is 49. The molecule has 6 nitrogen and oxygen atoms in total. The molecule has 374 valence electrons. The highest BCUT2D eigenvalue weighted by atomic mass is 16.6. The van der Waals surface area contributed by atoms with Crippen LogP contribution in [0.2, 0.25) is 0 Å². The summed E-state index contributed by atoms with van der Waals surface area (Å²) in [7, 11) is 0. The van der Waals surface area contributed by atoms with E-state index in [0.29, 0.717) is 19.3 Å². The van der Waals surface area contributed by atoms with E-state index in [1.165, 1.54) is 141 Å². The molecule has 0 aromatic rings. The SMILES string of the molecule is CC/C=C\C/C=C\C/C=C\C/C=C\C/C=C\CCCC(=O)OC(COC(=O)CCCCCCCCC/C=C\CCCCCCCCC)COC(=O)CCCCCCCCCCCCCC. The van der Waals surface area contributed by atoms with Crippen molar-refractivity contribution < 1.29 is 28.6 Å². The molecular formula is C59H102O6. The molecule has 0 amide bonds. The van der Waals surface area contributed by atoms with Gasteiger partial charge in [-0.2, -0.15) is 0 Å². The Labute approximate surface area is 402 Å². The largest absolute Gasteiger partial charge is 0.462 e. The second kappa shape index (κ2) is 53.5. The van der Waals surface area contributed by atoms with Crippen LogP contribution in [0, 0.1) is 0 Å². The molecule has 1 atom stereocenters. The van der Waals surface area contributed by atoms with Crippen LogP contribution in [0.15, 0.2) is 72.9 Å². The summed E-state index contributed by atoms with van der Waals surface area (Å²) in [5.74, 6) is -0.955. The third kappa shape index (κ3) is 51.7. The number of esters is 3. The van der Waals surface area contributed by atoms with Gasteiger partial charge in [-0.05, 0) is 83.5 Å². The molecule has 0 aromatic carbocycles. The van der Waals surface area contributed by atoms with E-state index < -0.39 is 6.10 Å². The van der Waals surface area contributed by atoms with Crippen molar-refractivity contribution in [3.8, 4) is 0 Å². The maximum absolute atomic E-state index is 12.8. The molecule has 0 radical (unpaired) electrons. The minimum absolute atomic E-state index is 0.0974. The van der Waals surface area contributed by atoms with E-state index in [4.69, 9.17) is 14.2 Å². The molecule has 65 heavy (non-hydrogen) atoms. The first-order chi connectivity index (χ1) is 32.0. The molecule has 0 heterocycles. The summed E-state index contributed by atoms with van der Waals surface area (Å²) in [4.78, 5) is 38.0. The number of allylic oxidation sites excluding steroid dienone is 12. The number of carbonyl (C=O) groups is 3. The standard InChI is InChI=1S/C59H102O6/c1-4-7-10-13-16-19-22-25-27-29-31-32-34-37-40-43-46-49-52-58(61)64-55-56(54-63-57(60)51-48-45-42-39-36-24-21-18-15-12-9-6-3)65-59(62)53-50-47-44-41-38-35-33-30-28-26-23-20-17-14-11-8-5-2/h8,11,17,20,26-29,33,35,41,44,56H,4-7,9-10,12-16,18-19,21-25,30-32,34,36-40,42-43,45-55H2,1-3H3/b11-8-,20-17-,28-26-,29-27-,35-33-,44-41-. The minimum atomic E-state index is -0.804. The van der Waals surface area contributed by atoms with Gasteiger partial charge >= 0.3 is 17.9 Å². The lowest BCUT2D eigenvalue weighted by Crippen LogP contribution is -2.30. The fourth-order valence-electron chi connectivity index (χ4n) is 7.59. The fourth-order valence-corrected chi connectivity index (χ4v) is 7.59. The average Bonchev–Trinajstić information content (AvgIpc) is 3.30. The van der Waals surface area contributed by atoms with Crippen LogP contribution >= 0.6 is 0 Å². The Morgan fingerprint density at radius 1 is 0.323 bits per heavy atom.